The van der Waals surface area contributed by atoms with E-state index in [2.05, 4.69) is 20.6 Å². The number of carbonyl (C=O) groups is 2. The van der Waals surface area contributed by atoms with E-state index in [1.807, 2.05) is 20.8 Å². The van der Waals surface area contributed by atoms with Crippen LogP contribution >= 0.6 is 23.1 Å². The maximum atomic E-state index is 12.0. The van der Waals surface area contributed by atoms with E-state index in [0.29, 0.717) is 0 Å². The van der Waals surface area contributed by atoms with Crippen LogP contribution in [0, 0.1) is 0 Å². The Labute approximate surface area is 155 Å². The summed E-state index contributed by atoms with van der Waals surface area (Å²) in [5, 5.41) is 7.45. The van der Waals surface area contributed by atoms with Gasteiger partial charge in [0.15, 0.2) is 0 Å². The first-order chi connectivity index (χ1) is 11.8. The Bertz CT molecular complexity index is 811. The third-order valence-corrected chi connectivity index (χ3v) is 5.96. The van der Waals surface area contributed by atoms with Crippen molar-refractivity contribution < 1.29 is 9.59 Å². The summed E-state index contributed by atoms with van der Waals surface area (Å²) in [6.45, 7) is 5.70. The van der Waals surface area contributed by atoms with E-state index in [0.717, 1.165) is 28.1 Å². The molecule has 1 aliphatic rings. The van der Waals surface area contributed by atoms with E-state index in [9.17, 15) is 9.59 Å². The fourth-order valence-electron chi connectivity index (χ4n) is 2.84. The Morgan fingerprint density at radius 3 is 2.80 bits per heavy atom. The van der Waals surface area contributed by atoms with Crippen LogP contribution in [-0.4, -0.2) is 39.6 Å². The molecular weight excluding hydrogens is 356 g/mol. The second kappa shape index (κ2) is 7.29. The molecule has 2 aromatic heterocycles. The van der Waals surface area contributed by atoms with Crippen molar-refractivity contribution in [2.75, 3.05) is 12.3 Å². The van der Waals surface area contributed by atoms with Gasteiger partial charge in [-0.2, -0.15) is 0 Å². The van der Waals surface area contributed by atoms with E-state index < -0.39 is 0 Å². The third-order valence-electron chi connectivity index (χ3n) is 3.77. The van der Waals surface area contributed by atoms with Gasteiger partial charge in [-0.15, -0.1) is 11.3 Å². The van der Waals surface area contributed by atoms with Crippen molar-refractivity contribution in [2.45, 2.75) is 50.6 Å². The van der Waals surface area contributed by atoms with Crippen LogP contribution in [0.2, 0.25) is 0 Å². The molecule has 0 spiro atoms. The normalized spacial score (nSPS) is 13.7. The largest absolute Gasteiger partial charge is 0.350 e. The van der Waals surface area contributed by atoms with E-state index >= 15 is 0 Å². The highest BCUT2D eigenvalue weighted by molar-refractivity contribution is 8.00. The van der Waals surface area contributed by atoms with Gasteiger partial charge in [-0.05, 0) is 45.6 Å². The summed E-state index contributed by atoms with van der Waals surface area (Å²) in [6.07, 6.45) is 4.92. The molecule has 2 aromatic rings. The van der Waals surface area contributed by atoms with E-state index in [-0.39, 0.29) is 29.7 Å². The van der Waals surface area contributed by atoms with Crippen LogP contribution in [-0.2, 0) is 22.4 Å². The fraction of sp³-hybridized carbons (Fsp3) is 0.529. The van der Waals surface area contributed by atoms with Gasteiger partial charge < -0.3 is 10.6 Å². The average molecular weight is 379 g/mol. The smallest absolute Gasteiger partial charge is 0.239 e. The molecule has 0 radical (unpaired) electrons. The minimum atomic E-state index is -0.303. The van der Waals surface area contributed by atoms with Gasteiger partial charge >= 0.3 is 0 Å². The van der Waals surface area contributed by atoms with Crippen molar-refractivity contribution in [2.24, 2.45) is 0 Å². The number of nitrogens with zero attached hydrogens (tertiary/aromatic N) is 2. The van der Waals surface area contributed by atoms with Crippen LogP contribution in [0.1, 0.15) is 37.6 Å². The third kappa shape index (κ3) is 4.49. The summed E-state index contributed by atoms with van der Waals surface area (Å²) in [6, 6.07) is 0. The number of rotatable bonds is 5. The van der Waals surface area contributed by atoms with Crippen LogP contribution in [0.5, 0.6) is 0 Å². The second-order valence-corrected chi connectivity index (χ2v) is 9.13. The molecule has 2 heterocycles. The van der Waals surface area contributed by atoms with Gasteiger partial charge in [-0.1, -0.05) is 11.8 Å². The summed E-state index contributed by atoms with van der Waals surface area (Å²) in [5.74, 6) is -0.127. The molecule has 134 valence electrons. The lowest BCUT2D eigenvalue weighted by Gasteiger charge is -2.20. The average Bonchev–Trinajstić information content (AvgIpc) is 3.09. The van der Waals surface area contributed by atoms with Gasteiger partial charge in [0.2, 0.25) is 11.8 Å². The Balaban J connectivity index is 1.58. The molecule has 0 fully saturated rings. The standard InChI is InChI=1S/C17H22N4O2S2/c1-17(2,3)21-12(22)7-18-13(23)8-24-15-14-10-5-4-6-11(10)25-16(14)20-9-19-15/h9H,4-8H2,1-3H3,(H,18,23)(H,21,22). The minimum Gasteiger partial charge on any atom is -0.350 e. The number of hydrogen-bond donors (Lipinski definition) is 2. The Morgan fingerprint density at radius 2 is 2.04 bits per heavy atom. The lowest BCUT2D eigenvalue weighted by atomic mass is 10.1. The lowest BCUT2D eigenvalue weighted by Crippen LogP contribution is -2.46. The summed E-state index contributed by atoms with van der Waals surface area (Å²) in [5.41, 5.74) is 1.05. The first-order valence-corrected chi connectivity index (χ1v) is 10.1. The number of aryl methyl sites for hydroxylation is 2. The molecular formula is C17H22N4O2S2. The van der Waals surface area contributed by atoms with Crippen LogP contribution < -0.4 is 10.6 Å². The first-order valence-electron chi connectivity index (χ1n) is 8.29. The van der Waals surface area contributed by atoms with Gasteiger partial charge in [0, 0.05) is 15.8 Å². The van der Waals surface area contributed by atoms with Gasteiger partial charge in [0.25, 0.3) is 0 Å². The molecule has 0 atom stereocenters. The van der Waals surface area contributed by atoms with Crippen molar-refractivity contribution in [1.29, 1.82) is 0 Å². The van der Waals surface area contributed by atoms with Gasteiger partial charge in [0.1, 0.15) is 16.2 Å². The lowest BCUT2D eigenvalue weighted by molar-refractivity contribution is -0.125. The predicted molar refractivity (Wildman–Crippen MR) is 101 cm³/mol. The Kier molecular flexibility index (Phi) is 5.29. The van der Waals surface area contributed by atoms with E-state index in [4.69, 9.17) is 0 Å². The zero-order valence-electron chi connectivity index (χ0n) is 14.6. The molecule has 3 rings (SSSR count). The molecule has 0 saturated carbocycles. The number of thiophene rings is 1. The number of aromatic nitrogens is 2. The molecule has 0 saturated heterocycles. The zero-order valence-corrected chi connectivity index (χ0v) is 16.3. The Hall–Kier alpha value is -1.67. The van der Waals surface area contributed by atoms with E-state index in [1.54, 1.807) is 17.7 Å². The summed E-state index contributed by atoms with van der Waals surface area (Å²) in [7, 11) is 0. The van der Waals surface area contributed by atoms with Crippen molar-refractivity contribution in [1.82, 2.24) is 20.6 Å². The number of carbonyl (C=O) groups excluding carboxylic acids is 2. The predicted octanol–water partition coefficient (Wildman–Crippen LogP) is 2.30. The molecule has 2 N–H and O–H groups in total. The summed E-state index contributed by atoms with van der Waals surface area (Å²) < 4.78 is 0. The second-order valence-electron chi connectivity index (χ2n) is 7.08. The number of nitrogens with one attached hydrogen (secondary N) is 2. The van der Waals surface area contributed by atoms with Crippen molar-refractivity contribution >= 4 is 45.1 Å². The number of hydrogen-bond acceptors (Lipinski definition) is 6. The molecule has 8 heteroatoms. The highest BCUT2D eigenvalue weighted by atomic mass is 32.2. The number of fused-ring (bicyclic) bond motifs is 3. The topological polar surface area (TPSA) is 84.0 Å². The van der Waals surface area contributed by atoms with Crippen LogP contribution in [0.15, 0.2) is 11.4 Å². The molecule has 1 aliphatic carbocycles. The van der Waals surface area contributed by atoms with Crippen LogP contribution in [0.25, 0.3) is 10.2 Å². The molecule has 0 aliphatic heterocycles. The zero-order chi connectivity index (χ0) is 18.0. The Morgan fingerprint density at radius 1 is 1.24 bits per heavy atom. The van der Waals surface area contributed by atoms with Gasteiger partial charge in [-0.25, -0.2) is 9.97 Å². The number of amides is 2. The monoisotopic (exact) mass is 378 g/mol. The van der Waals surface area contributed by atoms with E-state index in [1.165, 1.54) is 28.6 Å². The molecule has 0 bridgehead atoms. The maximum Gasteiger partial charge on any atom is 0.239 e. The maximum absolute atomic E-state index is 12.0. The summed E-state index contributed by atoms with van der Waals surface area (Å²) in [4.78, 5) is 34.9. The highest BCUT2D eigenvalue weighted by Crippen LogP contribution is 2.39. The number of thioether (sulfide) groups is 1. The fourth-order valence-corrected chi connectivity index (χ4v) is 4.98. The highest BCUT2D eigenvalue weighted by Gasteiger charge is 2.21. The van der Waals surface area contributed by atoms with Crippen LogP contribution in [0.4, 0.5) is 0 Å². The molecule has 0 unspecified atom stereocenters. The van der Waals surface area contributed by atoms with Crippen molar-refractivity contribution in [3.05, 3.63) is 16.8 Å². The first kappa shape index (κ1) is 18.1. The quantitative estimate of drug-likeness (QED) is 0.616. The molecule has 0 aromatic carbocycles. The molecule has 2 amide bonds. The van der Waals surface area contributed by atoms with Crippen molar-refractivity contribution in [3.8, 4) is 0 Å². The van der Waals surface area contributed by atoms with Crippen molar-refractivity contribution in [3.63, 3.8) is 0 Å². The SMILES string of the molecule is CC(C)(C)NC(=O)CNC(=O)CSc1ncnc2sc3c(c12)CCC3. The molecule has 6 nitrogen and oxygen atoms in total. The van der Waals surface area contributed by atoms with Gasteiger partial charge in [-0.3, -0.25) is 9.59 Å². The van der Waals surface area contributed by atoms with Gasteiger partial charge in [0.05, 0.1) is 12.3 Å². The summed E-state index contributed by atoms with van der Waals surface area (Å²) >= 11 is 3.14. The molecule has 25 heavy (non-hydrogen) atoms. The van der Waals surface area contributed by atoms with Crippen LogP contribution in [0.3, 0.4) is 0 Å². The minimum absolute atomic E-state index is 0.0102.